The molecule has 3 nitrogen and oxygen atoms in total. The Morgan fingerprint density at radius 3 is 3.00 bits per heavy atom. The van der Waals surface area contributed by atoms with Gasteiger partial charge >= 0.3 is 0 Å². The molecule has 1 aliphatic rings. The van der Waals surface area contributed by atoms with E-state index in [4.69, 9.17) is 11.0 Å². The minimum absolute atomic E-state index is 0.287. The van der Waals surface area contributed by atoms with Crippen molar-refractivity contribution in [3.05, 3.63) is 0 Å². The molecule has 1 rings (SSSR count). The van der Waals surface area contributed by atoms with Crippen LogP contribution < -0.4 is 5.73 Å². The van der Waals surface area contributed by atoms with Crippen LogP contribution in [0.3, 0.4) is 0 Å². The topological polar surface area (TPSA) is 53.0 Å². The summed E-state index contributed by atoms with van der Waals surface area (Å²) in [6.07, 6.45) is 2.90. The first kappa shape index (κ1) is 10.5. The molecule has 0 aliphatic carbocycles. The summed E-state index contributed by atoms with van der Waals surface area (Å²) in [5.74, 6) is 0. The first-order valence-corrected chi connectivity index (χ1v) is 5.05. The van der Waals surface area contributed by atoms with Crippen molar-refractivity contribution in [3.63, 3.8) is 0 Å². The van der Waals surface area contributed by atoms with E-state index in [9.17, 15) is 0 Å². The molecule has 74 valence electrons. The molecule has 0 aromatic heterocycles. The van der Waals surface area contributed by atoms with E-state index in [-0.39, 0.29) is 6.04 Å². The molecule has 0 aromatic rings. The van der Waals surface area contributed by atoms with Gasteiger partial charge < -0.3 is 5.73 Å². The molecule has 0 saturated carbocycles. The Morgan fingerprint density at radius 2 is 2.38 bits per heavy atom. The number of nitrogens with zero attached hydrogens (tertiary/aromatic N) is 2. The van der Waals surface area contributed by atoms with Gasteiger partial charge in [-0.05, 0) is 33.2 Å². The van der Waals surface area contributed by atoms with Gasteiger partial charge in [0.15, 0.2) is 0 Å². The molecule has 13 heavy (non-hydrogen) atoms. The van der Waals surface area contributed by atoms with Crippen LogP contribution in [0, 0.1) is 11.3 Å². The molecule has 1 saturated heterocycles. The third kappa shape index (κ3) is 2.43. The van der Waals surface area contributed by atoms with Crippen LogP contribution in [-0.4, -0.2) is 29.6 Å². The maximum atomic E-state index is 8.61. The Morgan fingerprint density at radius 1 is 1.69 bits per heavy atom. The van der Waals surface area contributed by atoms with Gasteiger partial charge in [-0.25, -0.2) is 0 Å². The van der Waals surface area contributed by atoms with Crippen molar-refractivity contribution in [1.82, 2.24) is 4.90 Å². The van der Waals surface area contributed by atoms with Crippen molar-refractivity contribution in [2.24, 2.45) is 5.73 Å². The highest BCUT2D eigenvalue weighted by atomic mass is 15.2. The molecule has 0 radical (unpaired) electrons. The van der Waals surface area contributed by atoms with Gasteiger partial charge in [0.2, 0.25) is 0 Å². The molecule has 1 aliphatic heterocycles. The van der Waals surface area contributed by atoms with Gasteiger partial charge in [-0.2, -0.15) is 5.26 Å². The zero-order chi connectivity index (χ0) is 9.84. The molecule has 1 unspecified atom stereocenters. The lowest BCUT2D eigenvalue weighted by Gasteiger charge is -2.40. The number of hydrogen-bond donors (Lipinski definition) is 1. The molecule has 1 fully saturated rings. The summed E-state index contributed by atoms with van der Waals surface area (Å²) in [6, 6.07) is 3.29. The largest absolute Gasteiger partial charge is 0.326 e. The van der Waals surface area contributed by atoms with Gasteiger partial charge in [0.1, 0.15) is 0 Å². The lowest BCUT2D eigenvalue weighted by molar-refractivity contribution is 0.1000. The van der Waals surface area contributed by atoms with Crippen molar-refractivity contribution < 1.29 is 0 Å². The van der Waals surface area contributed by atoms with E-state index >= 15 is 0 Å². The zero-order valence-electron chi connectivity index (χ0n) is 8.53. The molecule has 0 bridgehead atoms. The zero-order valence-corrected chi connectivity index (χ0v) is 8.53. The van der Waals surface area contributed by atoms with Gasteiger partial charge in [0, 0.05) is 18.1 Å². The average molecular weight is 181 g/mol. The van der Waals surface area contributed by atoms with Crippen LogP contribution in [0.15, 0.2) is 0 Å². The molecule has 2 N–H and O–H groups in total. The maximum Gasteiger partial charge on any atom is 0.0638 e. The van der Waals surface area contributed by atoms with E-state index in [1.165, 1.54) is 6.42 Å². The second-order valence-electron chi connectivity index (χ2n) is 4.00. The maximum absolute atomic E-state index is 8.61. The number of rotatable bonds is 2. The highest BCUT2D eigenvalue weighted by Crippen LogP contribution is 2.19. The summed E-state index contributed by atoms with van der Waals surface area (Å²) >= 11 is 0. The molecular weight excluding hydrogens is 162 g/mol. The van der Waals surface area contributed by atoms with Gasteiger partial charge in [-0.3, -0.25) is 4.90 Å². The second kappa shape index (κ2) is 4.59. The van der Waals surface area contributed by atoms with Crippen LogP contribution in [0.2, 0.25) is 0 Å². The van der Waals surface area contributed by atoms with Crippen molar-refractivity contribution in [2.45, 2.75) is 51.2 Å². The predicted octanol–water partition coefficient (Wildman–Crippen LogP) is 1.10. The van der Waals surface area contributed by atoms with Crippen molar-refractivity contribution in [1.29, 1.82) is 5.26 Å². The first-order valence-electron chi connectivity index (χ1n) is 5.05. The summed E-state index contributed by atoms with van der Waals surface area (Å²) in [5.41, 5.74) is 5.98. The van der Waals surface area contributed by atoms with E-state index in [0.29, 0.717) is 18.5 Å². The highest BCUT2D eigenvalue weighted by Gasteiger charge is 2.27. The number of nitriles is 1. The van der Waals surface area contributed by atoms with Crippen molar-refractivity contribution >= 4 is 0 Å². The van der Waals surface area contributed by atoms with Crippen LogP contribution in [0.5, 0.6) is 0 Å². The molecule has 0 spiro atoms. The number of nitrogens with two attached hydrogens (primary N) is 1. The van der Waals surface area contributed by atoms with Gasteiger partial charge in [0.25, 0.3) is 0 Å². The fourth-order valence-corrected chi connectivity index (χ4v) is 2.07. The van der Waals surface area contributed by atoms with Crippen molar-refractivity contribution in [3.8, 4) is 6.07 Å². The van der Waals surface area contributed by atoms with Crippen LogP contribution in [0.1, 0.15) is 33.1 Å². The number of piperidine rings is 1. The van der Waals surface area contributed by atoms with E-state index < -0.39 is 0 Å². The fourth-order valence-electron chi connectivity index (χ4n) is 2.07. The van der Waals surface area contributed by atoms with Gasteiger partial charge in [-0.1, -0.05) is 0 Å². The Kier molecular flexibility index (Phi) is 3.71. The number of likely N-dealkylation sites (tertiary alicyclic amines) is 1. The predicted molar refractivity (Wildman–Crippen MR) is 53.1 cm³/mol. The van der Waals surface area contributed by atoms with Gasteiger partial charge in [0.05, 0.1) is 12.5 Å². The summed E-state index contributed by atoms with van der Waals surface area (Å²) in [7, 11) is 0. The second-order valence-corrected chi connectivity index (χ2v) is 4.00. The molecule has 0 amide bonds. The van der Waals surface area contributed by atoms with E-state index in [0.717, 1.165) is 13.0 Å². The summed E-state index contributed by atoms with van der Waals surface area (Å²) in [6.45, 7) is 5.37. The van der Waals surface area contributed by atoms with E-state index in [1.54, 1.807) is 0 Å². The Labute approximate surface area is 80.5 Å². The quantitative estimate of drug-likeness (QED) is 0.694. The standard InChI is InChI=1S/C10H19N3/c1-8(5-6-11)13-7-3-4-10(12)9(13)2/h8-10H,3-5,7,12H2,1-2H3/t8?,9-,10-/m1/s1. The molecule has 0 aromatic carbocycles. The first-order chi connectivity index (χ1) is 6.16. The van der Waals surface area contributed by atoms with Crippen molar-refractivity contribution in [2.75, 3.05) is 6.54 Å². The van der Waals surface area contributed by atoms with Crippen LogP contribution in [0.4, 0.5) is 0 Å². The SMILES string of the molecule is CC(CC#N)N1CCC[C@@H](N)[C@H]1C. The summed E-state index contributed by atoms with van der Waals surface area (Å²) < 4.78 is 0. The minimum Gasteiger partial charge on any atom is -0.326 e. The minimum atomic E-state index is 0.287. The van der Waals surface area contributed by atoms with Crippen LogP contribution in [0.25, 0.3) is 0 Å². The molecule has 1 heterocycles. The normalized spacial score (nSPS) is 32.5. The van der Waals surface area contributed by atoms with Crippen LogP contribution >= 0.6 is 0 Å². The highest BCUT2D eigenvalue weighted by molar-refractivity contribution is 4.89. The smallest absolute Gasteiger partial charge is 0.0638 e. The monoisotopic (exact) mass is 181 g/mol. The lowest BCUT2D eigenvalue weighted by Crippen LogP contribution is -2.53. The third-order valence-electron chi connectivity index (χ3n) is 3.05. The Balaban J connectivity index is 2.52. The molecule has 3 heteroatoms. The van der Waals surface area contributed by atoms with Gasteiger partial charge in [-0.15, -0.1) is 0 Å². The Hall–Kier alpha value is -0.590. The van der Waals surface area contributed by atoms with E-state index in [1.807, 2.05) is 0 Å². The molecule has 3 atom stereocenters. The lowest BCUT2D eigenvalue weighted by atomic mass is 9.96. The Bertz CT molecular complexity index is 197. The van der Waals surface area contributed by atoms with Crippen LogP contribution in [-0.2, 0) is 0 Å². The number of hydrogen-bond acceptors (Lipinski definition) is 3. The summed E-state index contributed by atoms with van der Waals surface area (Å²) in [5, 5.41) is 8.61. The third-order valence-corrected chi connectivity index (χ3v) is 3.05. The fraction of sp³-hybridized carbons (Fsp3) is 0.900. The van der Waals surface area contributed by atoms with E-state index in [2.05, 4.69) is 24.8 Å². The summed E-state index contributed by atoms with van der Waals surface area (Å²) in [4.78, 5) is 2.36. The average Bonchev–Trinajstić information content (AvgIpc) is 2.10. The molecular formula is C10H19N3.